The van der Waals surface area contributed by atoms with Gasteiger partial charge in [0.1, 0.15) is 28.8 Å². The highest BCUT2D eigenvalue weighted by Crippen LogP contribution is 2.17. The van der Waals surface area contributed by atoms with Gasteiger partial charge in [0.2, 0.25) is 5.62 Å². The van der Waals surface area contributed by atoms with Crippen molar-refractivity contribution in [3.05, 3.63) is 77.7 Å². The zero-order valence-corrected chi connectivity index (χ0v) is 28.5. The first-order valence-electron chi connectivity index (χ1n) is 16.5. The Kier molecular flexibility index (Phi) is 13.2. The summed E-state index contributed by atoms with van der Waals surface area (Å²) >= 11 is 0. The number of hydrogen-bond acceptors (Lipinski definition) is 8. The number of carbonyl (C=O) groups excluding carboxylic acids is 2. The predicted molar refractivity (Wildman–Crippen MR) is 182 cm³/mol. The van der Waals surface area contributed by atoms with Crippen LogP contribution in [0.1, 0.15) is 64.0 Å². The van der Waals surface area contributed by atoms with E-state index in [1.165, 1.54) is 4.57 Å². The normalized spacial score (nSPS) is 13.6. The molecule has 3 aromatic rings. The van der Waals surface area contributed by atoms with E-state index in [0.717, 1.165) is 30.9 Å². The highest BCUT2D eigenvalue weighted by molar-refractivity contribution is 6.04. The Labute approximate surface area is 288 Å². The van der Waals surface area contributed by atoms with Gasteiger partial charge in [0.15, 0.2) is 0 Å². The quantitative estimate of drug-likeness (QED) is 0.114. The maximum atomic E-state index is 13.1. The molecule has 0 bridgehead atoms. The molecule has 1 aromatic heterocycles. The molecular weight excluding hydrogens is 655 g/mol. The fourth-order valence-electron chi connectivity index (χ4n) is 4.87. The van der Waals surface area contributed by atoms with Gasteiger partial charge in [0.25, 0.3) is 0 Å². The first-order valence-corrected chi connectivity index (χ1v) is 16.5. The molecule has 0 atom stereocenters. The molecule has 0 radical (unpaired) electrons. The number of aliphatic imine (C=N–C) groups is 1. The number of rotatable bonds is 14. The number of ether oxygens (including phenoxy) is 3. The third-order valence-electron chi connectivity index (χ3n) is 7.30. The number of unbranched alkanes of at least 4 members (excludes halogenated alkanes) is 2. The summed E-state index contributed by atoms with van der Waals surface area (Å²) in [4.78, 5) is 31.6. The van der Waals surface area contributed by atoms with Crippen molar-refractivity contribution in [1.82, 2.24) is 19.8 Å². The summed E-state index contributed by atoms with van der Waals surface area (Å²) in [5.74, 6) is -0.129. The van der Waals surface area contributed by atoms with E-state index in [4.69, 9.17) is 19.6 Å². The third-order valence-corrected chi connectivity index (χ3v) is 7.30. The number of halogens is 3. The van der Waals surface area contributed by atoms with Gasteiger partial charge in [-0.3, -0.25) is 20.5 Å². The lowest BCUT2D eigenvalue weighted by Gasteiger charge is -2.19. The second kappa shape index (κ2) is 17.5. The average molecular weight is 700 g/mol. The molecule has 0 fully saturated rings. The number of nitrogens with zero attached hydrogens (tertiary/aromatic N) is 4. The molecule has 3 N–H and O–H groups in total. The highest BCUT2D eigenvalue weighted by atomic mass is 19.4. The summed E-state index contributed by atoms with van der Waals surface area (Å²) < 4.78 is 59.2. The van der Waals surface area contributed by atoms with Crippen molar-refractivity contribution >= 4 is 23.7 Å². The number of aryl methyl sites for hydroxylation is 2. The van der Waals surface area contributed by atoms with Gasteiger partial charge in [-0.05, 0) is 101 Å². The Bertz CT molecular complexity index is 1690. The summed E-state index contributed by atoms with van der Waals surface area (Å²) in [5, 5.41) is 13.7. The number of amides is 2. The Balaban J connectivity index is 1.23. The highest BCUT2D eigenvalue weighted by Gasteiger charge is 2.38. The van der Waals surface area contributed by atoms with Crippen LogP contribution in [0.15, 0.2) is 70.9 Å². The van der Waals surface area contributed by atoms with Gasteiger partial charge in [0, 0.05) is 49.7 Å². The number of nitrogens with one attached hydrogen (secondary N) is 3. The number of benzene rings is 2. The zero-order valence-electron chi connectivity index (χ0n) is 28.5. The molecule has 2 aromatic carbocycles. The monoisotopic (exact) mass is 699 g/mol. The minimum absolute atomic E-state index is 0.0676. The van der Waals surface area contributed by atoms with Crippen molar-refractivity contribution in [3.63, 3.8) is 0 Å². The number of alkyl halides is 3. The predicted octanol–water partition coefficient (Wildman–Crippen LogP) is 5.59. The van der Waals surface area contributed by atoms with Crippen LogP contribution < -0.4 is 25.7 Å². The van der Waals surface area contributed by atoms with Crippen LogP contribution in [0.5, 0.6) is 11.5 Å². The maximum absolute atomic E-state index is 13.1. The maximum Gasteiger partial charge on any atom is 0.473 e. The van der Waals surface area contributed by atoms with Gasteiger partial charge >= 0.3 is 18.2 Å². The summed E-state index contributed by atoms with van der Waals surface area (Å²) in [6.07, 6.45) is 0.819. The molecule has 1 aliphatic rings. The van der Waals surface area contributed by atoms with E-state index < -0.39 is 23.8 Å². The van der Waals surface area contributed by atoms with Crippen LogP contribution >= 0.6 is 0 Å². The largest absolute Gasteiger partial charge is 0.494 e. The summed E-state index contributed by atoms with van der Waals surface area (Å²) in [5.41, 5.74) is 0.710. The van der Waals surface area contributed by atoms with E-state index in [2.05, 4.69) is 20.6 Å². The number of carbonyl (C=O) groups is 2. The molecule has 12 nitrogen and oxygen atoms in total. The fraction of sp³-hybridized carbons (Fsp3) is 0.457. The number of imidazole rings is 1. The van der Waals surface area contributed by atoms with Crippen molar-refractivity contribution in [2.24, 2.45) is 9.98 Å². The van der Waals surface area contributed by atoms with Gasteiger partial charge in [-0.1, -0.05) is 0 Å². The van der Waals surface area contributed by atoms with Crippen molar-refractivity contribution in [2.75, 3.05) is 26.3 Å². The van der Waals surface area contributed by atoms with Crippen LogP contribution in [0, 0.1) is 5.41 Å². The van der Waals surface area contributed by atoms with Gasteiger partial charge in [-0.2, -0.15) is 18.2 Å². The molecule has 2 heterocycles. The molecule has 0 unspecified atom stereocenters. The van der Waals surface area contributed by atoms with Crippen LogP contribution in [0.2, 0.25) is 0 Å². The van der Waals surface area contributed by atoms with Gasteiger partial charge in [0.05, 0.1) is 13.2 Å². The number of aromatic nitrogens is 2. The lowest BCUT2D eigenvalue weighted by Crippen LogP contribution is -2.36. The molecule has 4 rings (SSSR count). The second-order valence-electron chi connectivity index (χ2n) is 12.6. The SMILES string of the molecule is CC(C)(C)OC(=O)NC(=N)c1ccc(OCCCCn2ccn(CCCCOc3ccc(C4=NCCCN4)cc3)/c2=N/C(=O)C(F)(F)F)cc1. The van der Waals surface area contributed by atoms with E-state index in [9.17, 15) is 22.8 Å². The molecule has 1 aliphatic heterocycles. The molecular formula is C35H44F3N7O5. The first kappa shape index (κ1) is 37.7. The Morgan fingerprint density at radius 2 is 1.46 bits per heavy atom. The number of amidine groups is 2. The van der Waals surface area contributed by atoms with Crippen LogP contribution in [0.25, 0.3) is 0 Å². The molecule has 0 spiro atoms. The molecule has 270 valence electrons. The smallest absolute Gasteiger partial charge is 0.473 e. The summed E-state index contributed by atoms with van der Waals surface area (Å²) in [7, 11) is 0. The fourth-order valence-corrected chi connectivity index (χ4v) is 4.87. The molecule has 2 amide bonds. The van der Waals surface area contributed by atoms with Crippen LogP contribution in [0.3, 0.4) is 0 Å². The minimum atomic E-state index is -5.08. The molecule has 0 aliphatic carbocycles. The van der Waals surface area contributed by atoms with E-state index in [1.54, 1.807) is 62.0 Å². The Morgan fingerprint density at radius 1 is 0.900 bits per heavy atom. The van der Waals surface area contributed by atoms with Crippen LogP contribution in [0.4, 0.5) is 18.0 Å². The number of hydrogen-bond donors (Lipinski definition) is 3. The first-order chi connectivity index (χ1) is 23.8. The topological polar surface area (TPSA) is 144 Å². The second-order valence-corrected chi connectivity index (χ2v) is 12.6. The van der Waals surface area contributed by atoms with Gasteiger partial charge < -0.3 is 28.7 Å². The lowest BCUT2D eigenvalue weighted by atomic mass is 10.2. The van der Waals surface area contributed by atoms with E-state index in [-0.39, 0.29) is 11.5 Å². The number of alkyl carbamates (subject to hydrolysis) is 1. The van der Waals surface area contributed by atoms with E-state index in [1.807, 2.05) is 24.3 Å². The van der Waals surface area contributed by atoms with Crippen LogP contribution in [-0.4, -0.2) is 70.9 Å². The van der Waals surface area contributed by atoms with Crippen LogP contribution in [-0.2, 0) is 22.6 Å². The summed E-state index contributed by atoms with van der Waals surface area (Å²) in [6, 6.07) is 14.3. The van der Waals surface area contributed by atoms with E-state index in [0.29, 0.717) is 69.0 Å². The Hall–Kier alpha value is -5.08. The van der Waals surface area contributed by atoms with Crippen molar-refractivity contribution in [1.29, 1.82) is 5.41 Å². The van der Waals surface area contributed by atoms with E-state index >= 15 is 0 Å². The molecule has 50 heavy (non-hydrogen) atoms. The molecule has 0 saturated carbocycles. The van der Waals surface area contributed by atoms with Gasteiger partial charge in [-0.15, -0.1) is 0 Å². The zero-order chi connectivity index (χ0) is 36.1. The third kappa shape index (κ3) is 12.1. The standard InChI is InChI=1S/C35H44F3N7O5/c1-34(2,3)50-33(47)42-29(39)25-9-13-27(14-10-25)48-23-6-4-19-44-21-22-45(32(44)43-31(46)35(36,37)38)20-5-7-24-49-28-15-11-26(12-16-28)30-40-17-8-18-41-30/h9-16,21-22H,4-8,17-20,23-24H2,1-3H3,(H,40,41)(H2,39,42,47)/b43-32+. The lowest BCUT2D eigenvalue weighted by molar-refractivity contribution is -0.169. The van der Waals surface area contributed by atoms with Gasteiger partial charge in [-0.25, -0.2) is 4.79 Å². The Morgan fingerprint density at radius 3 is 1.96 bits per heavy atom. The minimum Gasteiger partial charge on any atom is -0.494 e. The van der Waals surface area contributed by atoms with Crippen molar-refractivity contribution < 1.29 is 37.0 Å². The van der Waals surface area contributed by atoms with Crippen molar-refractivity contribution in [2.45, 2.75) is 77.7 Å². The van der Waals surface area contributed by atoms with Crippen molar-refractivity contribution in [3.8, 4) is 11.5 Å². The summed E-state index contributed by atoms with van der Waals surface area (Å²) in [6.45, 7) is 8.33. The molecule has 15 heteroatoms. The molecule has 0 saturated heterocycles. The average Bonchev–Trinajstić information content (AvgIpc) is 3.44.